The van der Waals surface area contributed by atoms with Crippen molar-refractivity contribution in [1.29, 1.82) is 0 Å². The highest BCUT2D eigenvalue weighted by molar-refractivity contribution is 4.84. The summed E-state index contributed by atoms with van der Waals surface area (Å²) in [5.74, 6) is 0. The Balaban J connectivity index is 0. The van der Waals surface area contributed by atoms with Gasteiger partial charge in [-0.05, 0) is 0 Å². The zero-order chi connectivity index (χ0) is 19.4. The summed E-state index contributed by atoms with van der Waals surface area (Å²) in [6.07, 6.45) is -13.0. The lowest BCUT2D eigenvalue weighted by molar-refractivity contribution is -0.145. The van der Waals surface area contributed by atoms with Gasteiger partial charge in [-0.2, -0.15) is 0 Å². The minimum atomic E-state index is -1.85. The fourth-order valence-corrected chi connectivity index (χ4v) is 1.35. The maximum atomic E-state index is 9.15. The Bertz CT molecular complexity index is 267. The van der Waals surface area contributed by atoms with Gasteiger partial charge in [0.1, 0.15) is 48.8 Å². The Labute approximate surface area is 137 Å². The largest absolute Gasteiger partial charge is 0.394 e. The average Bonchev–Trinajstić information content (AvgIpc) is 2.62. The van der Waals surface area contributed by atoms with Crippen molar-refractivity contribution in [3.63, 3.8) is 0 Å². The molecule has 0 spiro atoms. The standard InChI is InChI=1S/C7H16O7.C5H12O5/c8-1-3(10)5(12)7(14)6(13)4(11)2-9;6-1-3(8)5(10)4(9)2-7/h3-14H,1-2H2;3-10H,1-2H2/t3-,4+,5-,6-,7+;3-,4+,5-/m1./s1. The zero-order valence-corrected chi connectivity index (χ0v) is 12.8. The van der Waals surface area contributed by atoms with Gasteiger partial charge < -0.3 is 61.3 Å². The molecule has 148 valence electrons. The zero-order valence-electron chi connectivity index (χ0n) is 12.8. The number of aliphatic hydroxyl groups is 12. The van der Waals surface area contributed by atoms with Crippen LogP contribution in [-0.4, -0.2) is 137 Å². The molecule has 8 atom stereocenters. The van der Waals surface area contributed by atoms with Crippen LogP contribution in [-0.2, 0) is 0 Å². The van der Waals surface area contributed by atoms with Crippen LogP contribution in [0.25, 0.3) is 0 Å². The number of aliphatic hydroxyl groups excluding tert-OH is 12. The molecule has 0 aromatic rings. The Morgan fingerprint density at radius 1 is 0.333 bits per heavy atom. The van der Waals surface area contributed by atoms with Gasteiger partial charge >= 0.3 is 0 Å². The van der Waals surface area contributed by atoms with Crippen molar-refractivity contribution < 1.29 is 61.3 Å². The van der Waals surface area contributed by atoms with Gasteiger partial charge in [0.05, 0.1) is 26.4 Å². The SMILES string of the molecule is OC[C@@H](O)[C@@H](O)[C@@H](O)CO.OC[C@@H](O)[C@@H](O)[C@H](O)[C@H](O)[C@@H](O)CO. The molecule has 0 heterocycles. The summed E-state index contributed by atoms with van der Waals surface area (Å²) in [6.45, 7) is -2.86. The van der Waals surface area contributed by atoms with E-state index < -0.39 is 75.3 Å². The second kappa shape index (κ2) is 13.8. The van der Waals surface area contributed by atoms with Crippen LogP contribution < -0.4 is 0 Å². The van der Waals surface area contributed by atoms with E-state index in [1.807, 2.05) is 0 Å². The molecule has 0 radical (unpaired) electrons. The van der Waals surface area contributed by atoms with Crippen molar-refractivity contribution in [3.05, 3.63) is 0 Å². The summed E-state index contributed by atoms with van der Waals surface area (Å²) in [7, 11) is 0. The van der Waals surface area contributed by atoms with Crippen LogP contribution >= 0.6 is 0 Å². The van der Waals surface area contributed by atoms with Gasteiger partial charge in [-0.25, -0.2) is 0 Å². The van der Waals surface area contributed by atoms with E-state index in [9.17, 15) is 0 Å². The molecule has 0 aliphatic rings. The van der Waals surface area contributed by atoms with Gasteiger partial charge in [0.2, 0.25) is 0 Å². The highest BCUT2D eigenvalue weighted by atomic mass is 16.4. The predicted octanol–water partition coefficient (Wildman–Crippen LogP) is -7.17. The maximum absolute atomic E-state index is 9.15. The van der Waals surface area contributed by atoms with Crippen LogP contribution in [0.2, 0.25) is 0 Å². The third kappa shape index (κ3) is 9.12. The first-order valence-electron chi connectivity index (χ1n) is 6.96. The van der Waals surface area contributed by atoms with Crippen molar-refractivity contribution >= 4 is 0 Å². The third-order valence-electron chi connectivity index (χ3n) is 3.02. The topological polar surface area (TPSA) is 243 Å². The third-order valence-corrected chi connectivity index (χ3v) is 3.02. The molecule has 0 aliphatic heterocycles. The molecule has 0 unspecified atom stereocenters. The Hall–Kier alpha value is -0.480. The lowest BCUT2D eigenvalue weighted by atomic mass is 10.00. The molecule has 0 rings (SSSR count). The Morgan fingerprint density at radius 3 is 0.750 bits per heavy atom. The van der Waals surface area contributed by atoms with Crippen LogP contribution in [0, 0.1) is 0 Å². The summed E-state index contributed by atoms with van der Waals surface area (Å²) in [5, 5.41) is 105. The molecule has 0 saturated heterocycles. The molecule has 12 heteroatoms. The molecular weight excluding hydrogens is 336 g/mol. The number of rotatable bonds is 10. The fourth-order valence-electron chi connectivity index (χ4n) is 1.35. The number of hydrogen-bond donors (Lipinski definition) is 12. The lowest BCUT2D eigenvalue weighted by Crippen LogP contribution is -2.50. The molecule has 0 aromatic heterocycles. The normalized spacial score (nSPS) is 21.5. The second-order valence-corrected chi connectivity index (χ2v) is 4.96. The fraction of sp³-hybridized carbons (Fsp3) is 1.00. The van der Waals surface area contributed by atoms with Gasteiger partial charge in [-0.15, -0.1) is 0 Å². The summed E-state index contributed by atoms with van der Waals surface area (Å²) in [5.41, 5.74) is 0. The quantitative estimate of drug-likeness (QED) is 0.173. The van der Waals surface area contributed by atoms with Crippen LogP contribution in [0.5, 0.6) is 0 Å². The first-order chi connectivity index (χ1) is 11.1. The van der Waals surface area contributed by atoms with Crippen LogP contribution in [0.15, 0.2) is 0 Å². The molecule has 0 saturated carbocycles. The van der Waals surface area contributed by atoms with Crippen LogP contribution in [0.3, 0.4) is 0 Å². The minimum Gasteiger partial charge on any atom is -0.394 e. The van der Waals surface area contributed by atoms with E-state index in [-0.39, 0.29) is 0 Å². The van der Waals surface area contributed by atoms with Gasteiger partial charge in [-0.1, -0.05) is 0 Å². The lowest BCUT2D eigenvalue weighted by Gasteiger charge is -2.27. The molecule has 24 heavy (non-hydrogen) atoms. The van der Waals surface area contributed by atoms with Gasteiger partial charge in [-0.3, -0.25) is 0 Å². The average molecular weight is 364 g/mol. The molecule has 0 fully saturated rings. The van der Waals surface area contributed by atoms with Gasteiger partial charge in [0.25, 0.3) is 0 Å². The summed E-state index contributed by atoms with van der Waals surface area (Å²) in [6, 6.07) is 0. The molecule has 0 bridgehead atoms. The van der Waals surface area contributed by atoms with E-state index in [0.29, 0.717) is 0 Å². The predicted molar refractivity (Wildman–Crippen MR) is 76.4 cm³/mol. The minimum absolute atomic E-state index is 0.641. The van der Waals surface area contributed by atoms with Crippen molar-refractivity contribution in [2.45, 2.75) is 48.8 Å². The molecule has 0 amide bonds. The van der Waals surface area contributed by atoms with E-state index in [2.05, 4.69) is 0 Å². The van der Waals surface area contributed by atoms with E-state index in [1.165, 1.54) is 0 Å². The van der Waals surface area contributed by atoms with Crippen molar-refractivity contribution in [2.24, 2.45) is 0 Å². The van der Waals surface area contributed by atoms with E-state index in [4.69, 9.17) is 61.3 Å². The van der Waals surface area contributed by atoms with E-state index in [1.54, 1.807) is 0 Å². The van der Waals surface area contributed by atoms with E-state index in [0.717, 1.165) is 0 Å². The van der Waals surface area contributed by atoms with Crippen LogP contribution in [0.1, 0.15) is 0 Å². The smallest absolute Gasteiger partial charge is 0.111 e. The van der Waals surface area contributed by atoms with Gasteiger partial charge in [0.15, 0.2) is 0 Å². The summed E-state index contributed by atoms with van der Waals surface area (Å²) in [4.78, 5) is 0. The molecule has 12 nitrogen and oxygen atoms in total. The first-order valence-corrected chi connectivity index (χ1v) is 6.96. The van der Waals surface area contributed by atoms with Crippen molar-refractivity contribution in [2.75, 3.05) is 26.4 Å². The molecule has 12 N–H and O–H groups in total. The Morgan fingerprint density at radius 2 is 0.542 bits per heavy atom. The van der Waals surface area contributed by atoms with Gasteiger partial charge in [0, 0.05) is 0 Å². The van der Waals surface area contributed by atoms with Crippen molar-refractivity contribution in [3.8, 4) is 0 Å². The highest BCUT2D eigenvalue weighted by Gasteiger charge is 2.33. The monoisotopic (exact) mass is 364 g/mol. The molecule has 0 aromatic carbocycles. The van der Waals surface area contributed by atoms with Crippen LogP contribution in [0.4, 0.5) is 0 Å². The summed E-state index contributed by atoms with van der Waals surface area (Å²) < 4.78 is 0. The molecule has 0 aliphatic carbocycles. The Kier molecular flexibility index (Phi) is 14.8. The summed E-state index contributed by atoms with van der Waals surface area (Å²) >= 11 is 0. The highest BCUT2D eigenvalue weighted by Crippen LogP contribution is 2.08. The number of hydrogen-bond acceptors (Lipinski definition) is 12. The van der Waals surface area contributed by atoms with E-state index >= 15 is 0 Å². The molecular formula is C12H28O12. The first kappa shape index (κ1) is 25.8. The van der Waals surface area contributed by atoms with Crippen molar-refractivity contribution in [1.82, 2.24) is 0 Å². The maximum Gasteiger partial charge on any atom is 0.111 e. The second-order valence-electron chi connectivity index (χ2n) is 4.96.